The molecule has 0 spiro atoms. The molecule has 0 atom stereocenters. The number of allylic oxidation sites excluding steroid dienone is 4. The van der Waals surface area contributed by atoms with Crippen molar-refractivity contribution in [3.63, 3.8) is 0 Å². The van der Waals surface area contributed by atoms with Crippen LogP contribution in [-0.4, -0.2) is 23.0 Å². The van der Waals surface area contributed by atoms with Gasteiger partial charge >= 0.3 is 12.4 Å². The van der Waals surface area contributed by atoms with Crippen LogP contribution in [0.4, 0.5) is 32.0 Å². The number of aromatic nitrogens is 1. The molecule has 206 valence electrons. The first kappa shape index (κ1) is 28.3. The van der Waals surface area contributed by atoms with Crippen LogP contribution in [0.25, 0.3) is 12.2 Å². The number of alkyl halides is 6. The zero-order valence-corrected chi connectivity index (χ0v) is 20.6. The van der Waals surface area contributed by atoms with E-state index >= 15 is 0 Å². The highest BCUT2D eigenvalue weighted by molar-refractivity contribution is 6.07. The molecule has 40 heavy (non-hydrogen) atoms. The number of halogens is 6. The largest absolute Gasteiger partial charge is 0.416 e. The van der Waals surface area contributed by atoms with Crippen molar-refractivity contribution in [2.45, 2.75) is 25.2 Å². The fourth-order valence-electron chi connectivity index (χ4n) is 3.87. The number of nitrogens with one attached hydrogen (secondary N) is 2. The number of nitrogens with zero attached hydrogens (tertiary/aromatic N) is 1. The van der Waals surface area contributed by atoms with Crippen molar-refractivity contribution in [2.75, 3.05) is 5.32 Å². The highest BCUT2D eigenvalue weighted by Gasteiger charge is 2.33. The Morgan fingerprint density at radius 2 is 1.43 bits per heavy atom. The lowest BCUT2D eigenvalue weighted by atomic mass is 10.0. The van der Waals surface area contributed by atoms with Gasteiger partial charge in [-0.2, -0.15) is 26.3 Å². The topological polar surface area (TPSA) is 71.1 Å². The quantitative estimate of drug-likeness (QED) is 0.310. The minimum absolute atomic E-state index is 0.0323. The smallest absolute Gasteiger partial charge is 0.326 e. The van der Waals surface area contributed by atoms with Gasteiger partial charge in [-0.25, -0.2) is 0 Å². The first-order valence-electron chi connectivity index (χ1n) is 11.9. The Balaban J connectivity index is 1.64. The van der Waals surface area contributed by atoms with Crippen LogP contribution in [0.2, 0.25) is 0 Å². The monoisotopic (exact) mass is 557 g/mol. The zero-order chi connectivity index (χ0) is 28.9. The summed E-state index contributed by atoms with van der Waals surface area (Å²) < 4.78 is 78.6. The SMILES string of the molecule is O=C(NC1=CC(C(F)(F)F)=CCC1)c1cc(/C=C/c2ccncc2)cc(C(=O)Nc2cccc(C(F)(F)F)c2)c1. The fraction of sp³-hybridized carbons (Fsp3) is 0.138. The summed E-state index contributed by atoms with van der Waals surface area (Å²) in [4.78, 5) is 30.0. The number of benzene rings is 2. The predicted molar refractivity (Wildman–Crippen MR) is 138 cm³/mol. The van der Waals surface area contributed by atoms with Gasteiger partial charge in [0, 0.05) is 34.9 Å². The molecule has 0 bridgehead atoms. The van der Waals surface area contributed by atoms with Crippen LogP contribution in [0.1, 0.15) is 50.2 Å². The van der Waals surface area contributed by atoms with E-state index in [9.17, 15) is 35.9 Å². The Morgan fingerprint density at radius 3 is 2.08 bits per heavy atom. The number of pyridine rings is 1. The third-order valence-corrected chi connectivity index (χ3v) is 5.81. The van der Waals surface area contributed by atoms with Crippen molar-refractivity contribution >= 4 is 29.7 Å². The lowest BCUT2D eigenvalue weighted by Crippen LogP contribution is -2.25. The average Bonchev–Trinajstić information content (AvgIpc) is 2.91. The number of hydrogen-bond donors (Lipinski definition) is 2. The maximum absolute atomic E-state index is 13.1. The molecule has 11 heteroatoms. The van der Waals surface area contributed by atoms with E-state index in [1.165, 1.54) is 24.3 Å². The molecule has 1 heterocycles. The molecule has 5 nitrogen and oxygen atoms in total. The highest BCUT2D eigenvalue weighted by Crippen LogP contribution is 2.32. The Hall–Kier alpha value is -4.67. The second-order valence-electron chi connectivity index (χ2n) is 8.81. The second-order valence-corrected chi connectivity index (χ2v) is 8.81. The molecule has 3 aromatic rings. The van der Waals surface area contributed by atoms with Crippen molar-refractivity contribution in [3.8, 4) is 0 Å². The molecule has 1 aliphatic rings. The van der Waals surface area contributed by atoms with Crippen molar-refractivity contribution in [2.24, 2.45) is 0 Å². The molecule has 2 amide bonds. The lowest BCUT2D eigenvalue weighted by Gasteiger charge is -2.17. The Bertz CT molecular complexity index is 1510. The Kier molecular flexibility index (Phi) is 8.22. The van der Waals surface area contributed by atoms with Crippen molar-refractivity contribution < 1.29 is 35.9 Å². The van der Waals surface area contributed by atoms with E-state index in [-0.39, 0.29) is 35.4 Å². The summed E-state index contributed by atoms with van der Waals surface area (Å²) in [6.07, 6.45) is -0.587. The normalized spacial score (nSPS) is 13.9. The van der Waals surface area contributed by atoms with Crippen LogP contribution in [0.15, 0.2) is 90.4 Å². The van der Waals surface area contributed by atoms with Gasteiger partial charge in [0.05, 0.1) is 11.1 Å². The van der Waals surface area contributed by atoms with Crippen LogP contribution in [0, 0.1) is 0 Å². The van der Waals surface area contributed by atoms with Crippen LogP contribution < -0.4 is 10.6 Å². The summed E-state index contributed by atoms with van der Waals surface area (Å²) in [5, 5.41) is 4.87. The van der Waals surface area contributed by atoms with Gasteiger partial charge in [-0.1, -0.05) is 24.3 Å². The summed E-state index contributed by atoms with van der Waals surface area (Å²) >= 11 is 0. The molecule has 0 saturated heterocycles. The van der Waals surface area contributed by atoms with Gasteiger partial charge in [0.15, 0.2) is 0 Å². The molecule has 4 rings (SSSR count). The number of carbonyl (C=O) groups is 2. The van der Waals surface area contributed by atoms with Crippen molar-refractivity contribution in [1.29, 1.82) is 0 Å². The van der Waals surface area contributed by atoms with Gasteiger partial charge in [0.1, 0.15) is 0 Å². The number of carbonyl (C=O) groups excluding carboxylic acids is 2. The van der Waals surface area contributed by atoms with E-state index in [0.29, 0.717) is 5.56 Å². The van der Waals surface area contributed by atoms with E-state index in [1.54, 1.807) is 36.7 Å². The maximum Gasteiger partial charge on any atom is 0.416 e. The first-order chi connectivity index (χ1) is 18.9. The van der Waals surface area contributed by atoms with Gasteiger partial charge in [-0.3, -0.25) is 14.6 Å². The standard InChI is InChI=1S/C29H21F6N3O2/c30-28(31,32)22-3-1-5-24(16-22)37-26(39)20-13-19(8-7-18-9-11-36-12-10-18)14-21(15-20)27(40)38-25-6-2-4-23(17-25)29(33,34)35/h1,3-5,7-17H,2,6H2,(H,37,39)(H,38,40)/b8-7+. The molecule has 2 N–H and O–H groups in total. The summed E-state index contributed by atoms with van der Waals surface area (Å²) in [6, 6.07) is 11.6. The summed E-state index contributed by atoms with van der Waals surface area (Å²) in [5.74, 6) is -1.53. The van der Waals surface area contributed by atoms with Crippen molar-refractivity contribution in [3.05, 3.63) is 118 Å². The van der Waals surface area contributed by atoms with Crippen LogP contribution in [0.3, 0.4) is 0 Å². The summed E-state index contributed by atoms with van der Waals surface area (Å²) in [7, 11) is 0. The van der Waals surface area contributed by atoms with Crippen LogP contribution in [-0.2, 0) is 6.18 Å². The van der Waals surface area contributed by atoms with Crippen LogP contribution >= 0.6 is 0 Å². The lowest BCUT2D eigenvalue weighted by molar-refractivity contribution is -0.137. The molecule has 1 aromatic heterocycles. The summed E-state index contributed by atoms with van der Waals surface area (Å²) in [6.45, 7) is 0. The average molecular weight is 557 g/mol. The molecule has 0 aliphatic heterocycles. The van der Waals surface area contributed by atoms with E-state index in [2.05, 4.69) is 15.6 Å². The van der Waals surface area contributed by atoms with Gasteiger partial charge in [-0.15, -0.1) is 0 Å². The molecule has 0 saturated carbocycles. The van der Waals surface area contributed by atoms with E-state index < -0.39 is 35.3 Å². The minimum atomic E-state index is -4.61. The van der Waals surface area contributed by atoms with Crippen molar-refractivity contribution in [1.82, 2.24) is 10.3 Å². The predicted octanol–water partition coefficient (Wildman–Crippen LogP) is 7.42. The molecular formula is C29H21F6N3O2. The number of rotatable bonds is 6. The molecular weight excluding hydrogens is 536 g/mol. The van der Waals surface area contributed by atoms with E-state index in [0.717, 1.165) is 35.9 Å². The highest BCUT2D eigenvalue weighted by atomic mass is 19.4. The van der Waals surface area contributed by atoms with Gasteiger partial charge in [-0.05, 0) is 78.6 Å². The molecule has 1 aliphatic carbocycles. The summed E-state index contributed by atoms with van der Waals surface area (Å²) in [5.41, 5.74) is -0.791. The number of amides is 2. The van der Waals surface area contributed by atoms with E-state index in [4.69, 9.17) is 0 Å². The number of hydrogen-bond acceptors (Lipinski definition) is 3. The first-order valence-corrected chi connectivity index (χ1v) is 11.9. The molecule has 0 fully saturated rings. The Labute approximate surface area is 224 Å². The fourth-order valence-corrected chi connectivity index (χ4v) is 3.87. The second kappa shape index (κ2) is 11.6. The molecule has 2 aromatic carbocycles. The van der Waals surface area contributed by atoms with Gasteiger partial charge in [0.2, 0.25) is 0 Å². The molecule has 0 radical (unpaired) electrons. The minimum Gasteiger partial charge on any atom is -0.326 e. The van der Waals surface area contributed by atoms with Gasteiger partial charge < -0.3 is 10.6 Å². The number of anilines is 1. The van der Waals surface area contributed by atoms with Gasteiger partial charge in [0.25, 0.3) is 11.8 Å². The maximum atomic E-state index is 13.1. The molecule has 0 unspecified atom stereocenters. The third kappa shape index (κ3) is 7.46. The zero-order valence-electron chi connectivity index (χ0n) is 20.6. The Morgan fingerprint density at radius 1 is 0.775 bits per heavy atom. The van der Waals surface area contributed by atoms with Crippen LogP contribution in [0.5, 0.6) is 0 Å². The van der Waals surface area contributed by atoms with E-state index in [1.807, 2.05) is 0 Å². The third-order valence-electron chi connectivity index (χ3n) is 5.81.